The van der Waals surface area contributed by atoms with Gasteiger partial charge in [0.25, 0.3) is 0 Å². The molecule has 0 saturated carbocycles. The third-order valence-electron chi connectivity index (χ3n) is 3.19. The molecule has 0 bridgehead atoms. The number of aliphatic imine (C=N–C) groups is 1. The number of benzene rings is 1. The minimum absolute atomic E-state index is 0.534. The normalized spacial score (nSPS) is 15.5. The van der Waals surface area contributed by atoms with Gasteiger partial charge < -0.3 is 15.0 Å². The summed E-state index contributed by atoms with van der Waals surface area (Å²) in [5, 5.41) is 3.97. The van der Waals surface area contributed by atoms with Gasteiger partial charge in [-0.15, -0.1) is 0 Å². The smallest absolute Gasteiger partial charge is 0.194 e. The molecule has 1 aromatic rings. The van der Waals surface area contributed by atoms with E-state index in [9.17, 15) is 0 Å². The van der Waals surface area contributed by atoms with Crippen molar-refractivity contribution in [2.45, 2.75) is 19.8 Å². The summed E-state index contributed by atoms with van der Waals surface area (Å²) < 4.78 is 5.64. The van der Waals surface area contributed by atoms with Gasteiger partial charge in [0.05, 0.1) is 11.6 Å². The van der Waals surface area contributed by atoms with Crippen LogP contribution in [0.5, 0.6) is 5.75 Å². The number of likely N-dealkylation sites (tertiary alicyclic amines) is 1. The fraction of sp³-hybridized carbons (Fsp3) is 0.533. The summed E-state index contributed by atoms with van der Waals surface area (Å²) in [7, 11) is 0. The summed E-state index contributed by atoms with van der Waals surface area (Å²) in [5.41, 5.74) is 0. The van der Waals surface area contributed by atoms with Crippen molar-refractivity contribution in [2.24, 2.45) is 4.99 Å². The van der Waals surface area contributed by atoms with Gasteiger partial charge in [0.15, 0.2) is 5.96 Å². The van der Waals surface area contributed by atoms with E-state index < -0.39 is 0 Å². The molecule has 0 aromatic heterocycles. The van der Waals surface area contributed by atoms with Crippen LogP contribution in [-0.4, -0.2) is 43.6 Å². The summed E-state index contributed by atoms with van der Waals surface area (Å²) in [4.78, 5) is 6.91. The number of nitrogens with zero attached hydrogens (tertiary/aromatic N) is 2. The Morgan fingerprint density at radius 1 is 1.35 bits per heavy atom. The van der Waals surface area contributed by atoms with Crippen LogP contribution >= 0.6 is 11.6 Å². The van der Waals surface area contributed by atoms with Gasteiger partial charge in [0, 0.05) is 19.6 Å². The molecular weight excluding hydrogens is 274 g/mol. The van der Waals surface area contributed by atoms with E-state index in [-0.39, 0.29) is 0 Å². The largest absolute Gasteiger partial charge is 0.490 e. The Labute approximate surface area is 125 Å². The number of hydrogen-bond donors (Lipinski definition) is 1. The number of para-hydroxylation sites is 1. The minimum Gasteiger partial charge on any atom is -0.490 e. The van der Waals surface area contributed by atoms with Gasteiger partial charge in [-0.05, 0) is 31.9 Å². The van der Waals surface area contributed by atoms with Gasteiger partial charge in [-0.2, -0.15) is 0 Å². The second-order valence-corrected chi connectivity index (χ2v) is 5.12. The van der Waals surface area contributed by atoms with Crippen LogP contribution in [0.3, 0.4) is 0 Å². The molecule has 0 spiro atoms. The molecule has 0 radical (unpaired) electrons. The van der Waals surface area contributed by atoms with Crippen LogP contribution < -0.4 is 10.1 Å². The lowest BCUT2D eigenvalue weighted by Gasteiger charge is -2.20. The maximum Gasteiger partial charge on any atom is 0.194 e. The molecule has 5 heteroatoms. The summed E-state index contributed by atoms with van der Waals surface area (Å²) in [6.45, 7) is 6.33. The van der Waals surface area contributed by atoms with E-state index in [1.54, 1.807) is 0 Å². The monoisotopic (exact) mass is 295 g/mol. The van der Waals surface area contributed by atoms with E-state index in [0.717, 1.165) is 31.3 Å². The minimum atomic E-state index is 0.534. The fourth-order valence-corrected chi connectivity index (χ4v) is 2.41. The first-order valence-corrected chi connectivity index (χ1v) is 7.59. The fourth-order valence-electron chi connectivity index (χ4n) is 2.22. The summed E-state index contributed by atoms with van der Waals surface area (Å²) in [6.07, 6.45) is 2.50. The summed E-state index contributed by atoms with van der Waals surface area (Å²) in [6, 6.07) is 7.51. The molecule has 0 unspecified atom stereocenters. The SMILES string of the molecule is CCNC(=NCCOc1ccccc1Cl)N1CCCC1. The standard InChI is InChI=1S/C15H22ClN3O/c1-2-17-15(19-10-5-6-11-19)18-9-12-20-14-8-4-3-7-13(14)16/h3-4,7-8H,2,5-6,9-12H2,1H3,(H,17,18). The van der Waals surface area contributed by atoms with Gasteiger partial charge in [0.2, 0.25) is 0 Å². The highest BCUT2D eigenvalue weighted by atomic mass is 35.5. The first-order chi connectivity index (χ1) is 9.81. The predicted molar refractivity (Wildman–Crippen MR) is 83.7 cm³/mol. The quantitative estimate of drug-likeness (QED) is 0.515. The van der Waals surface area contributed by atoms with Gasteiger partial charge >= 0.3 is 0 Å². The van der Waals surface area contributed by atoms with Gasteiger partial charge in [-0.25, -0.2) is 4.99 Å². The first kappa shape index (κ1) is 15.0. The van der Waals surface area contributed by atoms with Crippen molar-refractivity contribution in [3.63, 3.8) is 0 Å². The van der Waals surface area contributed by atoms with Crippen LogP contribution in [-0.2, 0) is 0 Å². The van der Waals surface area contributed by atoms with Gasteiger partial charge in [-0.3, -0.25) is 0 Å². The van der Waals surface area contributed by atoms with E-state index in [1.807, 2.05) is 24.3 Å². The van der Waals surface area contributed by atoms with E-state index in [0.29, 0.717) is 18.2 Å². The number of halogens is 1. The van der Waals surface area contributed by atoms with Crippen LogP contribution in [0.1, 0.15) is 19.8 Å². The van der Waals surface area contributed by atoms with Crippen LogP contribution in [0.15, 0.2) is 29.3 Å². The third kappa shape index (κ3) is 4.30. The third-order valence-corrected chi connectivity index (χ3v) is 3.50. The maximum absolute atomic E-state index is 6.04. The highest BCUT2D eigenvalue weighted by molar-refractivity contribution is 6.32. The number of guanidine groups is 1. The molecule has 1 aliphatic rings. The highest BCUT2D eigenvalue weighted by Crippen LogP contribution is 2.22. The average Bonchev–Trinajstić information content (AvgIpc) is 2.98. The van der Waals surface area contributed by atoms with Crippen LogP contribution in [0.25, 0.3) is 0 Å². The van der Waals surface area contributed by atoms with E-state index >= 15 is 0 Å². The van der Waals surface area contributed by atoms with Gasteiger partial charge in [0.1, 0.15) is 12.4 Å². The molecule has 20 heavy (non-hydrogen) atoms. The summed E-state index contributed by atoms with van der Waals surface area (Å²) in [5.74, 6) is 1.71. The molecule has 1 aliphatic heterocycles. The molecule has 0 aliphatic carbocycles. The molecule has 110 valence electrons. The Hall–Kier alpha value is -1.42. The van der Waals surface area contributed by atoms with Crippen molar-refractivity contribution in [3.05, 3.63) is 29.3 Å². The second kappa shape index (κ2) is 8.00. The van der Waals surface area contributed by atoms with E-state index in [2.05, 4.69) is 22.1 Å². The van der Waals surface area contributed by atoms with Crippen molar-refractivity contribution >= 4 is 17.6 Å². The molecule has 2 rings (SSSR count). The number of nitrogens with one attached hydrogen (secondary N) is 1. The Morgan fingerprint density at radius 2 is 2.10 bits per heavy atom. The number of hydrogen-bond acceptors (Lipinski definition) is 2. The van der Waals surface area contributed by atoms with Crippen LogP contribution in [0.4, 0.5) is 0 Å². The molecule has 1 heterocycles. The highest BCUT2D eigenvalue weighted by Gasteiger charge is 2.15. The number of rotatable bonds is 5. The molecular formula is C15H22ClN3O. The Bertz CT molecular complexity index is 444. The molecule has 0 atom stereocenters. The topological polar surface area (TPSA) is 36.9 Å². The second-order valence-electron chi connectivity index (χ2n) is 4.71. The lowest BCUT2D eigenvalue weighted by atomic mass is 10.3. The average molecular weight is 296 g/mol. The first-order valence-electron chi connectivity index (χ1n) is 7.22. The van der Waals surface area contributed by atoms with Crippen LogP contribution in [0, 0.1) is 0 Å². The Balaban J connectivity index is 1.82. The van der Waals surface area contributed by atoms with Gasteiger partial charge in [-0.1, -0.05) is 23.7 Å². The lowest BCUT2D eigenvalue weighted by Crippen LogP contribution is -2.39. The van der Waals surface area contributed by atoms with Crippen LogP contribution in [0.2, 0.25) is 5.02 Å². The van der Waals surface area contributed by atoms with Crippen molar-refractivity contribution in [1.29, 1.82) is 0 Å². The maximum atomic E-state index is 6.04. The van der Waals surface area contributed by atoms with E-state index in [1.165, 1.54) is 12.8 Å². The zero-order valence-electron chi connectivity index (χ0n) is 11.9. The molecule has 1 saturated heterocycles. The summed E-state index contributed by atoms with van der Waals surface area (Å²) >= 11 is 6.04. The molecule has 4 nitrogen and oxygen atoms in total. The van der Waals surface area contributed by atoms with Crippen molar-refractivity contribution < 1.29 is 4.74 Å². The molecule has 1 aromatic carbocycles. The van der Waals surface area contributed by atoms with Crippen molar-refractivity contribution in [1.82, 2.24) is 10.2 Å². The predicted octanol–water partition coefficient (Wildman–Crippen LogP) is 2.78. The Morgan fingerprint density at radius 3 is 2.80 bits per heavy atom. The zero-order valence-corrected chi connectivity index (χ0v) is 12.7. The molecule has 0 amide bonds. The zero-order chi connectivity index (χ0) is 14.2. The van der Waals surface area contributed by atoms with E-state index in [4.69, 9.17) is 16.3 Å². The van der Waals surface area contributed by atoms with Crippen molar-refractivity contribution in [2.75, 3.05) is 32.8 Å². The Kier molecular flexibility index (Phi) is 5.99. The molecule has 1 N–H and O–H groups in total. The molecule has 1 fully saturated rings. The lowest BCUT2D eigenvalue weighted by molar-refractivity contribution is 0.327. The number of ether oxygens (including phenoxy) is 1. The van der Waals surface area contributed by atoms with Crippen molar-refractivity contribution in [3.8, 4) is 5.75 Å².